The number of unbranched alkanes of at least 4 members (excludes halogenated alkanes) is 1. The minimum absolute atomic E-state index is 0.408. The standard InChI is InChI=1S/C12H24ClNO/c1-15-9-5-4-8-14-10-11-6-2-3-7-12(11)13/h11-12,14H,2-10H2,1H3. The Morgan fingerprint density at radius 3 is 2.80 bits per heavy atom. The van der Waals surface area contributed by atoms with Crippen LogP contribution in [0.1, 0.15) is 38.5 Å². The molecule has 0 heterocycles. The van der Waals surface area contributed by atoms with Gasteiger partial charge in [0.05, 0.1) is 0 Å². The summed E-state index contributed by atoms with van der Waals surface area (Å²) in [5, 5.41) is 3.91. The van der Waals surface area contributed by atoms with E-state index in [0.29, 0.717) is 11.3 Å². The molecule has 1 fully saturated rings. The highest BCUT2D eigenvalue weighted by molar-refractivity contribution is 6.20. The van der Waals surface area contributed by atoms with Gasteiger partial charge in [0.25, 0.3) is 0 Å². The average Bonchev–Trinajstić information content (AvgIpc) is 2.25. The quantitative estimate of drug-likeness (QED) is 0.540. The zero-order valence-electron chi connectivity index (χ0n) is 9.80. The summed E-state index contributed by atoms with van der Waals surface area (Å²) in [5.74, 6) is 0.697. The number of nitrogens with one attached hydrogen (secondary N) is 1. The normalized spacial score (nSPS) is 26.8. The maximum Gasteiger partial charge on any atom is 0.0462 e. The van der Waals surface area contributed by atoms with Gasteiger partial charge < -0.3 is 10.1 Å². The predicted octanol–water partition coefficient (Wildman–Crippen LogP) is 2.80. The fourth-order valence-electron chi connectivity index (χ4n) is 2.18. The Bertz CT molecular complexity index is 155. The van der Waals surface area contributed by atoms with Crippen molar-refractivity contribution in [3.8, 4) is 0 Å². The van der Waals surface area contributed by atoms with E-state index in [1.54, 1.807) is 7.11 Å². The molecule has 0 saturated heterocycles. The van der Waals surface area contributed by atoms with Gasteiger partial charge in [-0.2, -0.15) is 0 Å². The van der Waals surface area contributed by atoms with E-state index in [-0.39, 0.29) is 0 Å². The van der Waals surface area contributed by atoms with Gasteiger partial charge in [-0.05, 0) is 44.7 Å². The SMILES string of the molecule is COCCCCNCC1CCCCC1Cl. The van der Waals surface area contributed by atoms with E-state index in [1.165, 1.54) is 32.1 Å². The third kappa shape index (κ3) is 5.74. The van der Waals surface area contributed by atoms with Crippen molar-refractivity contribution in [3.63, 3.8) is 0 Å². The summed E-state index contributed by atoms with van der Waals surface area (Å²) in [6.45, 7) is 3.08. The zero-order chi connectivity index (χ0) is 10.9. The van der Waals surface area contributed by atoms with Crippen LogP contribution in [0.2, 0.25) is 0 Å². The molecule has 0 aromatic rings. The van der Waals surface area contributed by atoms with Gasteiger partial charge in [-0.25, -0.2) is 0 Å². The van der Waals surface area contributed by atoms with Gasteiger partial charge in [0.15, 0.2) is 0 Å². The van der Waals surface area contributed by atoms with Gasteiger partial charge in [-0.3, -0.25) is 0 Å². The minimum atomic E-state index is 0.408. The minimum Gasteiger partial charge on any atom is -0.385 e. The summed E-state index contributed by atoms with van der Waals surface area (Å²) in [6, 6.07) is 0. The Morgan fingerprint density at radius 1 is 1.27 bits per heavy atom. The van der Waals surface area contributed by atoms with Gasteiger partial charge in [0, 0.05) is 19.1 Å². The number of hydrogen-bond donors (Lipinski definition) is 1. The first kappa shape index (κ1) is 13.3. The molecule has 0 amide bonds. The van der Waals surface area contributed by atoms with Crippen LogP contribution in [0, 0.1) is 5.92 Å². The van der Waals surface area contributed by atoms with Crippen LogP contribution in [0.4, 0.5) is 0 Å². The lowest BCUT2D eigenvalue weighted by Gasteiger charge is -2.27. The first-order valence-electron chi connectivity index (χ1n) is 6.18. The van der Waals surface area contributed by atoms with Crippen molar-refractivity contribution in [2.24, 2.45) is 5.92 Å². The first-order chi connectivity index (χ1) is 7.34. The van der Waals surface area contributed by atoms with Gasteiger partial charge >= 0.3 is 0 Å². The summed E-state index contributed by atoms with van der Waals surface area (Å²) in [5.41, 5.74) is 0. The van der Waals surface area contributed by atoms with E-state index in [2.05, 4.69) is 5.32 Å². The molecular weight excluding hydrogens is 210 g/mol. The molecule has 2 unspecified atom stereocenters. The molecule has 2 nitrogen and oxygen atoms in total. The number of alkyl halides is 1. The molecule has 0 aromatic heterocycles. The van der Waals surface area contributed by atoms with Gasteiger partial charge in [-0.1, -0.05) is 12.8 Å². The molecular formula is C12H24ClNO. The molecule has 90 valence electrons. The Balaban J connectivity index is 1.94. The molecule has 0 aliphatic heterocycles. The van der Waals surface area contributed by atoms with Crippen molar-refractivity contribution in [3.05, 3.63) is 0 Å². The van der Waals surface area contributed by atoms with Crippen molar-refractivity contribution in [1.29, 1.82) is 0 Å². The maximum atomic E-state index is 6.29. The van der Waals surface area contributed by atoms with Gasteiger partial charge in [0.2, 0.25) is 0 Å². The number of rotatable bonds is 7. The van der Waals surface area contributed by atoms with E-state index < -0.39 is 0 Å². The molecule has 1 rings (SSSR count). The fraction of sp³-hybridized carbons (Fsp3) is 1.00. The second-order valence-corrected chi connectivity index (χ2v) is 5.03. The second-order valence-electron chi connectivity index (χ2n) is 4.46. The molecule has 0 bridgehead atoms. The third-order valence-corrected chi connectivity index (χ3v) is 3.75. The van der Waals surface area contributed by atoms with Gasteiger partial charge in [0.1, 0.15) is 0 Å². The average molecular weight is 234 g/mol. The largest absolute Gasteiger partial charge is 0.385 e. The molecule has 0 aromatic carbocycles. The lowest BCUT2D eigenvalue weighted by Crippen LogP contribution is -2.31. The molecule has 1 aliphatic rings. The monoisotopic (exact) mass is 233 g/mol. The lowest BCUT2D eigenvalue weighted by atomic mass is 9.89. The van der Waals surface area contributed by atoms with Crippen molar-refractivity contribution < 1.29 is 4.74 Å². The number of halogens is 1. The Kier molecular flexibility index (Phi) is 7.41. The van der Waals surface area contributed by atoms with E-state index >= 15 is 0 Å². The molecule has 1 aliphatic carbocycles. The van der Waals surface area contributed by atoms with Crippen LogP contribution >= 0.6 is 11.6 Å². The topological polar surface area (TPSA) is 21.3 Å². The molecule has 3 heteroatoms. The Hall–Kier alpha value is 0.210. The van der Waals surface area contributed by atoms with Crippen molar-refractivity contribution in [2.75, 3.05) is 26.8 Å². The molecule has 0 radical (unpaired) electrons. The van der Waals surface area contributed by atoms with E-state index in [4.69, 9.17) is 16.3 Å². The molecule has 2 atom stereocenters. The summed E-state index contributed by atoms with van der Waals surface area (Å²) in [4.78, 5) is 0. The van der Waals surface area contributed by atoms with E-state index in [1.807, 2.05) is 0 Å². The smallest absolute Gasteiger partial charge is 0.0462 e. The summed E-state index contributed by atoms with van der Waals surface area (Å²) < 4.78 is 5.01. The number of methoxy groups -OCH3 is 1. The van der Waals surface area contributed by atoms with Crippen LogP contribution in [0.5, 0.6) is 0 Å². The Labute approximate surface area is 98.7 Å². The molecule has 1 saturated carbocycles. The van der Waals surface area contributed by atoms with Crippen molar-refractivity contribution in [1.82, 2.24) is 5.32 Å². The highest BCUT2D eigenvalue weighted by atomic mass is 35.5. The lowest BCUT2D eigenvalue weighted by molar-refractivity contribution is 0.192. The second kappa shape index (κ2) is 8.37. The summed E-state index contributed by atoms with van der Waals surface area (Å²) in [6.07, 6.45) is 7.54. The highest BCUT2D eigenvalue weighted by Gasteiger charge is 2.22. The van der Waals surface area contributed by atoms with Crippen LogP contribution in [0.3, 0.4) is 0 Å². The zero-order valence-corrected chi connectivity index (χ0v) is 10.6. The van der Waals surface area contributed by atoms with Crippen LogP contribution in [-0.4, -0.2) is 32.2 Å². The molecule has 0 spiro atoms. The Morgan fingerprint density at radius 2 is 2.07 bits per heavy atom. The van der Waals surface area contributed by atoms with Crippen molar-refractivity contribution in [2.45, 2.75) is 43.9 Å². The van der Waals surface area contributed by atoms with Gasteiger partial charge in [-0.15, -0.1) is 11.6 Å². The third-order valence-electron chi connectivity index (χ3n) is 3.17. The fourth-order valence-corrected chi connectivity index (χ4v) is 2.55. The highest BCUT2D eigenvalue weighted by Crippen LogP contribution is 2.27. The van der Waals surface area contributed by atoms with Crippen molar-refractivity contribution >= 4 is 11.6 Å². The summed E-state index contributed by atoms with van der Waals surface area (Å²) >= 11 is 6.29. The number of hydrogen-bond acceptors (Lipinski definition) is 2. The van der Waals surface area contributed by atoms with Crippen LogP contribution < -0.4 is 5.32 Å². The van der Waals surface area contributed by atoms with Crippen LogP contribution in [-0.2, 0) is 4.74 Å². The van der Waals surface area contributed by atoms with Crippen LogP contribution in [0.25, 0.3) is 0 Å². The van der Waals surface area contributed by atoms with Crippen LogP contribution in [0.15, 0.2) is 0 Å². The first-order valence-corrected chi connectivity index (χ1v) is 6.62. The predicted molar refractivity (Wildman–Crippen MR) is 65.6 cm³/mol. The molecule has 1 N–H and O–H groups in total. The maximum absolute atomic E-state index is 6.29. The summed E-state index contributed by atoms with van der Waals surface area (Å²) in [7, 11) is 1.76. The van der Waals surface area contributed by atoms with E-state index in [9.17, 15) is 0 Å². The van der Waals surface area contributed by atoms with E-state index in [0.717, 1.165) is 26.1 Å². The number of ether oxygens (including phenoxy) is 1. The molecule has 15 heavy (non-hydrogen) atoms.